The van der Waals surface area contributed by atoms with Crippen LogP contribution >= 0.6 is 34.3 Å². The van der Waals surface area contributed by atoms with Crippen molar-refractivity contribution in [2.24, 2.45) is 11.8 Å². The summed E-state index contributed by atoms with van der Waals surface area (Å²) < 4.78 is 29.2. The zero-order valence-corrected chi connectivity index (χ0v) is 26.2. The largest absolute Gasteiger partial charge is 0.391 e. The number of aromatic nitrogens is 6. The first-order valence-electron chi connectivity index (χ1n) is 14.3. The molecule has 6 aromatic rings. The maximum atomic E-state index is 12.9. The van der Waals surface area contributed by atoms with Crippen LogP contribution in [0.5, 0.6) is 0 Å². The number of rotatable bonds is 8. The van der Waals surface area contributed by atoms with E-state index in [0.29, 0.717) is 17.2 Å². The van der Waals surface area contributed by atoms with Crippen molar-refractivity contribution in [2.45, 2.75) is 37.7 Å². The highest BCUT2D eigenvalue weighted by atomic mass is 35.5. The van der Waals surface area contributed by atoms with Gasteiger partial charge in [0.1, 0.15) is 12.3 Å². The normalized spacial score (nSPS) is 19.9. The van der Waals surface area contributed by atoms with Crippen LogP contribution in [-0.2, 0) is 22.1 Å². The monoisotopic (exact) mass is 682 g/mol. The Morgan fingerprint density at radius 2 is 1.24 bits per heavy atom. The molecule has 4 atom stereocenters. The predicted octanol–water partition coefficient (Wildman–Crippen LogP) is 5.74. The number of thiophene rings is 2. The highest BCUT2D eigenvalue weighted by Crippen LogP contribution is 2.36. The number of fused-ring (bicyclic) bond motifs is 2. The highest BCUT2D eigenvalue weighted by Gasteiger charge is 2.44. The van der Waals surface area contributed by atoms with Gasteiger partial charge in [-0.25, -0.2) is 17.8 Å². The van der Waals surface area contributed by atoms with Gasteiger partial charge in [-0.1, -0.05) is 12.1 Å². The van der Waals surface area contributed by atoms with Crippen LogP contribution in [0.25, 0.3) is 32.4 Å². The van der Waals surface area contributed by atoms with E-state index in [-0.39, 0.29) is 43.2 Å². The van der Waals surface area contributed by atoms with Crippen molar-refractivity contribution in [3.8, 4) is 21.1 Å². The number of nitrogens with zero attached hydrogens (tertiary/aromatic N) is 6. The summed E-state index contributed by atoms with van der Waals surface area (Å²) >= 11 is 8.90. The molecule has 0 unspecified atom stereocenters. The number of aliphatic hydroxyl groups is 1. The Morgan fingerprint density at radius 3 is 1.63 bits per heavy atom. The average molecular weight is 683 g/mol. The Hall–Kier alpha value is -4.31. The second-order valence-electron chi connectivity index (χ2n) is 10.8. The van der Waals surface area contributed by atoms with Crippen LogP contribution in [0.15, 0.2) is 60.7 Å². The molecular weight excluding hydrogens is 658 g/mol. The van der Waals surface area contributed by atoms with E-state index in [0.717, 1.165) is 30.9 Å². The van der Waals surface area contributed by atoms with Crippen LogP contribution in [-0.4, -0.2) is 58.5 Å². The fourth-order valence-corrected chi connectivity index (χ4v) is 6.75. The Bertz CT molecular complexity index is 1930. The quantitative estimate of drug-likeness (QED) is 0.174. The van der Waals surface area contributed by atoms with Gasteiger partial charge < -0.3 is 5.11 Å². The number of pyridine rings is 2. The lowest BCUT2D eigenvalue weighted by Crippen LogP contribution is -2.16. The van der Waals surface area contributed by atoms with Gasteiger partial charge in [0, 0.05) is 9.75 Å². The van der Waals surface area contributed by atoms with Crippen LogP contribution in [0.2, 0.25) is 0 Å². The third-order valence-electron chi connectivity index (χ3n) is 7.40. The van der Waals surface area contributed by atoms with Crippen molar-refractivity contribution in [1.29, 1.82) is 0 Å². The molecule has 2 saturated carbocycles. The van der Waals surface area contributed by atoms with Crippen molar-refractivity contribution in [3.63, 3.8) is 0 Å². The molecule has 2 aliphatic rings. The molecule has 46 heavy (non-hydrogen) atoms. The molecule has 2 fully saturated rings. The summed E-state index contributed by atoms with van der Waals surface area (Å²) in [6.45, 7) is -0.00884. The standard InChI is InChI=1S/C15H12ClFN4OS.C15H13FN4O2S/c16-7-8-4-5-12(23-8)11-2-1-3-13-18-15(20-21(11)13)19-14(22)9-6-10(9)17;16-10-6-9(10)14(22)18-15-17-13-3-1-2-11(20(13)19-15)12-5-4-8(7-21)23-12/h1-5,9-10H,6-7H2,(H,19,20,22);1-5,9-10,21H,6-7H2,(H,18,19,22)/t2*9-,10-/m00/s1. The van der Waals surface area contributed by atoms with Crippen LogP contribution in [0, 0.1) is 11.8 Å². The zero-order chi connectivity index (χ0) is 31.9. The SMILES string of the molecule is O=C(Nc1nc2cccc(-c3ccc(CCl)s3)n2n1)[C@H]1C[C@@H]1F.O=C(Nc1nc2cccc(-c3ccc(CO)s3)n2n1)[C@H]1C[C@@H]1F. The van der Waals surface area contributed by atoms with Gasteiger partial charge >= 0.3 is 0 Å². The van der Waals surface area contributed by atoms with E-state index < -0.39 is 24.2 Å². The molecule has 3 N–H and O–H groups in total. The predicted molar refractivity (Wildman–Crippen MR) is 171 cm³/mol. The molecule has 0 radical (unpaired) electrons. The molecular formula is C30H25ClF2N8O3S2. The van der Waals surface area contributed by atoms with Crippen LogP contribution in [0.1, 0.15) is 22.6 Å². The second kappa shape index (κ2) is 12.5. The minimum absolute atomic E-state index is 0.00884. The van der Waals surface area contributed by atoms with E-state index in [4.69, 9.17) is 11.6 Å². The molecule has 6 heterocycles. The van der Waals surface area contributed by atoms with Gasteiger partial charge in [0.25, 0.3) is 0 Å². The average Bonchev–Trinajstić information content (AvgIpc) is 3.60. The summed E-state index contributed by atoms with van der Waals surface area (Å²) in [6.07, 6.45) is -1.54. The Morgan fingerprint density at radius 1 is 0.783 bits per heavy atom. The molecule has 16 heteroatoms. The number of hydrogen-bond donors (Lipinski definition) is 3. The summed E-state index contributed by atoms with van der Waals surface area (Å²) in [5.41, 5.74) is 2.89. The third-order valence-corrected chi connectivity index (χ3v) is 10.1. The van der Waals surface area contributed by atoms with Crippen molar-refractivity contribution < 1.29 is 23.5 Å². The number of hydrogen-bond acceptors (Lipinski definition) is 9. The van der Waals surface area contributed by atoms with E-state index in [9.17, 15) is 23.5 Å². The molecule has 0 bridgehead atoms. The van der Waals surface area contributed by atoms with E-state index >= 15 is 0 Å². The zero-order valence-electron chi connectivity index (χ0n) is 23.8. The number of halogens is 3. The number of amides is 2. The lowest BCUT2D eigenvalue weighted by Gasteiger charge is -2.00. The summed E-state index contributed by atoms with van der Waals surface area (Å²) in [5.74, 6) is -1.07. The number of aliphatic hydroxyl groups excluding tert-OH is 1. The van der Waals surface area contributed by atoms with Gasteiger partial charge in [-0.2, -0.15) is 9.97 Å². The second-order valence-corrected chi connectivity index (χ2v) is 13.4. The maximum absolute atomic E-state index is 12.9. The lowest BCUT2D eigenvalue weighted by molar-refractivity contribution is -0.118. The fraction of sp³-hybridized carbons (Fsp3) is 0.267. The van der Waals surface area contributed by atoms with E-state index in [1.165, 1.54) is 11.3 Å². The van der Waals surface area contributed by atoms with E-state index in [2.05, 4.69) is 30.8 Å². The van der Waals surface area contributed by atoms with Gasteiger partial charge in [0.15, 0.2) is 11.3 Å². The Kier molecular flexibility index (Phi) is 8.23. The highest BCUT2D eigenvalue weighted by molar-refractivity contribution is 7.15. The first kappa shape index (κ1) is 30.3. The number of alkyl halides is 3. The van der Waals surface area contributed by atoms with Crippen LogP contribution in [0.3, 0.4) is 0 Å². The molecule has 236 valence electrons. The molecule has 11 nitrogen and oxygen atoms in total. The molecule has 0 aliphatic heterocycles. The molecule has 2 aliphatic carbocycles. The lowest BCUT2D eigenvalue weighted by atomic mass is 10.3. The minimum Gasteiger partial charge on any atom is -0.391 e. The Balaban J connectivity index is 0.000000147. The summed E-state index contributed by atoms with van der Waals surface area (Å²) in [5, 5.41) is 22.9. The number of anilines is 2. The molecule has 6 aromatic heterocycles. The molecule has 2 amide bonds. The van der Waals surface area contributed by atoms with Crippen molar-refractivity contribution in [3.05, 3.63) is 70.4 Å². The number of nitrogens with one attached hydrogen (secondary N) is 2. The van der Waals surface area contributed by atoms with E-state index in [1.54, 1.807) is 32.5 Å². The molecule has 0 aromatic carbocycles. The molecule has 8 rings (SSSR count). The minimum atomic E-state index is -1.05. The number of carbonyl (C=O) groups is 2. The maximum Gasteiger partial charge on any atom is 0.249 e. The van der Waals surface area contributed by atoms with Crippen molar-refractivity contribution in [1.82, 2.24) is 29.2 Å². The smallest absolute Gasteiger partial charge is 0.249 e. The van der Waals surface area contributed by atoms with Gasteiger partial charge in [-0.3, -0.25) is 20.2 Å². The molecule has 0 saturated heterocycles. The fourth-order valence-electron chi connectivity index (χ4n) is 4.75. The molecule has 0 spiro atoms. The Labute approximate surface area is 272 Å². The van der Waals surface area contributed by atoms with E-state index in [1.807, 2.05) is 48.5 Å². The number of carbonyl (C=O) groups excluding carboxylic acids is 2. The van der Waals surface area contributed by atoms with Crippen LogP contribution < -0.4 is 10.6 Å². The topological polar surface area (TPSA) is 139 Å². The third kappa shape index (κ3) is 6.23. The van der Waals surface area contributed by atoms with Crippen molar-refractivity contribution >= 4 is 69.3 Å². The van der Waals surface area contributed by atoms with Gasteiger partial charge in [0.2, 0.25) is 23.7 Å². The first-order chi connectivity index (χ1) is 22.3. The van der Waals surface area contributed by atoms with Crippen molar-refractivity contribution in [2.75, 3.05) is 10.6 Å². The first-order valence-corrected chi connectivity index (χ1v) is 16.4. The summed E-state index contributed by atoms with van der Waals surface area (Å²) in [6, 6.07) is 18.8. The van der Waals surface area contributed by atoms with Gasteiger partial charge in [-0.15, -0.1) is 44.5 Å². The summed E-state index contributed by atoms with van der Waals surface area (Å²) in [7, 11) is 0. The van der Waals surface area contributed by atoms with Crippen LogP contribution in [0.4, 0.5) is 20.7 Å². The van der Waals surface area contributed by atoms with Gasteiger partial charge in [0.05, 0.1) is 45.5 Å². The van der Waals surface area contributed by atoms with Gasteiger partial charge in [-0.05, 0) is 61.4 Å². The summed E-state index contributed by atoms with van der Waals surface area (Å²) in [4.78, 5) is 36.0.